The van der Waals surface area contributed by atoms with Crippen LogP contribution in [0.1, 0.15) is 114 Å². The third-order valence-electron chi connectivity index (χ3n) is 6.86. The van der Waals surface area contributed by atoms with E-state index < -0.39 is 5.97 Å². The number of phenols is 1. The quantitative estimate of drug-likeness (QED) is 0.311. The van der Waals surface area contributed by atoms with E-state index in [1.165, 1.54) is 4.57 Å². The molecule has 0 radical (unpaired) electrons. The number of benzene rings is 1. The molecule has 0 aliphatic carbocycles. The highest BCUT2D eigenvalue weighted by molar-refractivity contribution is 5.97. The molecule has 2 N–H and O–H groups in total. The summed E-state index contributed by atoms with van der Waals surface area (Å²) in [6, 6.07) is 3.51. The molecule has 7 nitrogen and oxygen atoms in total. The first-order chi connectivity index (χ1) is 16.6. The Labute approximate surface area is 216 Å². The van der Waals surface area contributed by atoms with Crippen LogP contribution in [0, 0.1) is 11.3 Å². The normalized spacial score (nSPS) is 12.3. The van der Waals surface area contributed by atoms with Crippen LogP contribution >= 0.6 is 0 Å². The van der Waals surface area contributed by atoms with Gasteiger partial charge in [0.15, 0.2) is 5.78 Å². The van der Waals surface area contributed by atoms with Crippen LogP contribution in [-0.2, 0) is 28.7 Å². The summed E-state index contributed by atoms with van der Waals surface area (Å²) in [6.07, 6.45) is 4.47. The number of hydrogen-bond acceptors (Lipinski definition) is 5. The van der Waals surface area contributed by atoms with Crippen LogP contribution in [0.25, 0.3) is 0 Å². The lowest BCUT2D eigenvalue weighted by Crippen LogP contribution is -2.29. The van der Waals surface area contributed by atoms with Gasteiger partial charge in [0.05, 0.1) is 13.2 Å². The Balaban J connectivity index is 2.52. The van der Waals surface area contributed by atoms with Gasteiger partial charge >= 0.3 is 5.97 Å². The number of nitrogens with one attached hydrogen (secondary N) is 1. The fourth-order valence-electron chi connectivity index (χ4n) is 4.46. The zero-order chi connectivity index (χ0) is 27.4. The standard InChI is InChI=1S/C29H45N3O4/c1-10-19(11-2)13-14-32-23(26(35)36-12-3)17-31(27(32)30)18-24(33)20-15-21(28(4,5)6)25(34)22(16-20)29(7,8)9/h15-17,19,30,34H,10-14,18H2,1-9H3. The first kappa shape index (κ1) is 29.4. The van der Waals surface area contributed by atoms with Crippen molar-refractivity contribution in [3.05, 3.63) is 46.3 Å². The Morgan fingerprint density at radius 2 is 1.53 bits per heavy atom. The number of phenolic OH excluding ortho intramolecular Hbond substituents is 1. The van der Waals surface area contributed by atoms with Gasteiger partial charge in [0.1, 0.15) is 11.4 Å². The third kappa shape index (κ3) is 6.68. The lowest BCUT2D eigenvalue weighted by Gasteiger charge is -2.28. The van der Waals surface area contributed by atoms with E-state index in [2.05, 4.69) is 13.8 Å². The smallest absolute Gasteiger partial charge is 0.356 e. The van der Waals surface area contributed by atoms with Crippen LogP contribution in [0.15, 0.2) is 18.3 Å². The molecule has 0 amide bonds. The fourth-order valence-corrected chi connectivity index (χ4v) is 4.46. The number of ketones is 1. The van der Waals surface area contributed by atoms with E-state index in [1.54, 1.807) is 29.8 Å². The molecule has 1 aromatic heterocycles. The first-order valence-corrected chi connectivity index (χ1v) is 13.1. The molecular weight excluding hydrogens is 454 g/mol. The van der Waals surface area contributed by atoms with Crippen molar-refractivity contribution < 1.29 is 19.4 Å². The van der Waals surface area contributed by atoms with Crippen molar-refractivity contribution in [2.45, 2.75) is 105 Å². The van der Waals surface area contributed by atoms with E-state index in [1.807, 2.05) is 41.5 Å². The molecular formula is C29H45N3O4. The number of Topliss-reactive ketones (excluding diaryl/α,β-unsaturated/α-hetero) is 1. The number of esters is 1. The summed E-state index contributed by atoms with van der Waals surface area (Å²) in [6.45, 7) is 18.7. The van der Waals surface area contributed by atoms with Gasteiger partial charge in [-0.3, -0.25) is 10.2 Å². The average Bonchev–Trinajstić information content (AvgIpc) is 3.08. The van der Waals surface area contributed by atoms with Crippen LogP contribution in [0.5, 0.6) is 5.75 Å². The van der Waals surface area contributed by atoms with Crippen LogP contribution in [0.3, 0.4) is 0 Å². The van der Waals surface area contributed by atoms with Gasteiger partial charge in [-0.15, -0.1) is 0 Å². The minimum absolute atomic E-state index is 0.0822. The molecule has 1 aromatic carbocycles. The maximum absolute atomic E-state index is 13.5. The van der Waals surface area contributed by atoms with Crippen molar-refractivity contribution in [3.63, 3.8) is 0 Å². The zero-order valence-corrected chi connectivity index (χ0v) is 23.6. The molecule has 0 aliphatic heterocycles. The van der Waals surface area contributed by atoms with Gasteiger partial charge in [0, 0.05) is 29.4 Å². The van der Waals surface area contributed by atoms with E-state index in [0.717, 1.165) is 19.3 Å². The SMILES string of the molecule is CCOC(=O)c1cn(CC(=O)c2cc(C(C)(C)C)c(O)c(C(C)(C)C)c2)c(=N)n1CCC(CC)CC. The highest BCUT2D eigenvalue weighted by Gasteiger charge is 2.28. The van der Waals surface area contributed by atoms with Crippen molar-refractivity contribution in [1.29, 1.82) is 5.41 Å². The molecule has 0 spiro atoms. The van der Waals surface area contributed by atoms with Crippen molar-refractivity contribution in [1.82, 2.24) is 9.13 Å². The van der Waals surface area contributed by atoms with Gasteiger partial charge in [0.2, 0.25) is 5.62 Å². The van der Waals surface area contributed by atoms with Gasteiger partial charge in [-0.2, -0.15) is 0 Å². The lowest BCUT2D eigenvalue weighted by atomic mass is 9.78. The number of hydrogen-bond donors (Lipinski definition) is 2. The number of carbonyl (C=O) groups excluding carboxylic acids is 2. The van der Waals surface area contributed by atoms with Crippen molar-refractivity contribution in [2.24, 2.45) is 5.92 Å². The van der Waals surface area contributed by atoms with Crippen molar-refractivity contribution in [2.75, 3.05) is 6.61 Å². The monoisotopic (exact) mass is 499 g/mol. The molecule has 0 aliphatic rings. The van der Waals surface area contributed by atoms with Crippen LogP contribution in [-0.4, -0.2) is 32.6 Å². The van der Waals surface area contributed by atoms with Crippen LogP contribution < -0.4 is 5.62 Å². The number of rotatable bonds is 10. The molecule has 0 bridgehead atoms. The minimum Gasteiger partial charge on any atom is -0.507 e. The predicted molar refractivity (Wildman–Crippen MR) is 143 cm³/mol. The number of nitrogens with zero attached hydrogens (tertiary/aromatic N) is 2. The van der Waals surface area contributed by atoms with Crippen molar-refractivity contribution >= 4 is 11.8 Å². The Kier molecular flexibility index (Phi) is 9.38. The molecule has 7 heteroatoms. The van der Waals surface area contributed by atoms with E-state index in [-0.39, 0.29) is 46.8 Å². The number of carbonyl (C=O) groups is 2. The second-order valence-electron chi connectivity index (χ2n) is 11.7. The van der Waals surface area contributed by atoms with Crippen molar-refractivity contribution in [3.8, 4) is 5.75 Å². The summed E-state index contributed by atoms with van der Waals surface area (Å²) in [4.78, 5) is 26.2. The second kappa shape index (κ2) is 11.5. The predicted octanol–water partition coefficient (Wildman–Crippen LogP) is 5.96. The molecule has 2 rings (SSSR count). The average molecular weight is 500 g/mol. The van der Waals surface area contributed by atoms with E-state index >= 15 is 0 Å². The molecule has 36 heavy (non-hydrogen) atoms. The Morgan fingerprint density at radius 1 is 1.00 bits per heavy atom. The molecule has 2 aromatic rings. The number of ether oxygens (including phenoxy) is 1. The third-order valence-corrected chi connectivity index (χ3v) is 6.86. The van der Waals surface area contributed by atoms with E-state index in [4.69, 9.17) is 10.1 Å². The number of aromatic hydroxyl groups is 1. The Morgan fingerprint density at radius 3 is 1.97 bits per heavy atom. The van der Waals surface area contributed by atoms with Gasteiger partial charge in [0.25, 0.3) is 0 Å². The minimum atomic E-state index is -0.489. The zero-order valence-electron chi connectivity index (χ0n) is 23.6. The van der Waals surface area contributed by atoms with E-state index in [0.29, 0.717) is 29.2 Å². The fraction of sp³-hybridized carbons (Fsp3) is 0.621. The van der Waals surface area contributed by atoms with Gasteiger partial charge in [-0.1, -0.05) is 68.2 Å². The van der Waals surface area contributed by atoms with Crippen LogP contribution in [0.2, 0.25) is 0 Å². The second-order valence-corrected chi connectivity index (χ2v) is 11.7. The number of imidazole rings is 1. The van der Waals surface area contributed by atoms with Gasteiger partial charge in [-0.05, 0) is 42.2 Å². The Bertz CT molecular complexity index is 1100. The summed E-state index contributed by atoms with van der Waals surface area (Å²) in [5, 5.41) is 19.7. The summed E-state index contributed by atoms with van der Waals surface area (Å²) >= 11 is 0. The largest absolute Gasteiger partial charge is 0.507 e. The summed E-state index contributed by atoms with van der Waals surface area (Å²) in [5.74, 6) is 0.0477. The Hall–Kier alpha value is -2.83. The van der Waals surface area contributed by atoms with E-state index in [9.17, 15) is 14.7 Å². The molecule has 0 saturated heterocycles. The maximum atomic E-state index is 13.5. The summed E-state index contributed by atoms with van der Waals surface area (Å²) < 4.78 is 8.41. The van der Waals surface area contributed by atoms with Gasteiger partial charge < -0.3 is 19.0 Å². The highest BCUT2D eigenvalue weighted by Crippen LogP contribution is 2.39. The molecule has 0 unspecified atom stereocenters. The molecule has 200 valence electrons. The highest BCUT2D eigenvalue weighted by atomic mass is 16.5. The first-order valence-electron chi connectivity index (χ1n) is 13.1. The summed E-state index contributed by atoms with van der Waals surface area (Å²) in [7, 11) is 0. The maximum Gasteiger partial charge on any atom is 0.356 e. The lowest BCUT2D eigenvalue weighted by molar-refractivity contribution is 0.0512. The van der Waals surface area contributed by atoms with Gasteiger partial charge in [-0.25, -0.2) is 4.79 Å². The molecule has 0 saturated carbocycles. The molecule has 0 fully saturated rings. The molecule has 1 heterocycles. The number of aromatic nitrogens is 2. The molecule has 0 atom stereocenters. The topological polar surface area (TPSA) is 97.3 Å². The summed E-state index contributed by atoms with van der Waals surface area (Å²) in [5.41, 5.74) is 1.58. The van der Waals surface area contributed by atoms with Crippen LogP contribution in [0.4, 0.5) is 0 Å².